The van der Waals surface area contributed by atoms with Crippen molar-refractivity contribution in [3.8, 4) is 0 Å². The minimum absolute atomic E-state index is 0.0103. The van der Waals surface area contributed by atoms with Gasteiger partial charge in [-0.25, -0.2) is 3.63 Å². The molecule has 5 nitrogen and oxygen atoms in total. The second-order valence-electron chi connectivity index (χ2n) is 7.06. The summed E-state index contributed by atoms with van der Waals surface area (Å²) in [5, 5.41) is 0. The van der Waals surface area contributed by atoms with Gasteiger partial charge in [0.05, 0.1) is 0 Å². The number of nitrogens with zero attached hydrogens (tertiary/aromatic N) is 2. The predicted molar refractivity (Wildman–Crippen MR) is 107 cm³/mol. The second-order valence-corrected chi connectivity index (χ2v) is 9.32. The molecule has 2 aliphatic rings. The lowest BCUT2D eigenvalue weighted by molar-refractivity contribution is -0.0632. The second kappa shape index (κ2) is 12.1. The summed E-state index contributed by atoms with van der Waals surface area (Å²) in [5.41, 5.74) is 0.0206. The fraction of sp³-hybridized carbons (Fsp3) is 1.00. The summed E-state index contributed by atoms with van der Waals surface area (Å²) in [6.45, 7) is 13.0. The highest BCUT2D eigenvalue weighted by atomic mass is 32.2. The Morgan fingerprint density at radius 1 is 0.600 bits per heavy atom. The maximum absolute atomic E-state index is 6.05. The van der Waals surface area contributed by atoms with Crippen molar-refractivity contribution in [1.82, 2.24) is 9.80 Å². The Kier molecular flexibility index (Phi) is 10.5. The molecule has 0 bridgehead atoms. The smallest absolute Gasteiger partial charge is 0.129 e. The molecule has 148 valence electrons. The summed E-state index contributed by atoms with van der Waals surface area (Å²) in [7, 11) is 0. The third kappa shape index (κ3) is 8.37. The Morgan fingerprint density at radius 3 is 1.32 bits per heavy atom. The molecule has 0 aromatic heterocycles. The molecule has 25 heavy (non-hydrogen) atoms. The Bertz CT molecular complexity index is 321. The summed E-state index contributed by atoms with van der Waals surface area (Å²) >= 11 is 2.76. The molecule has 0 aromatic carbocycles. The first-order valence-corrected chi connectivity index (χ1v) is 11.4. The minimum atomic E-state index is 0.0103. The largest absolute Gasteiger partial charge is 0.347 e. The zero-order valence-electron chi connectivity index (χ0n) is 16.3. The average molecular weight is 393 g/mol. The maximum atomic E-state index is 6.05. The van der Waals surface area contributed by atoms with Gasteiger partial charge in [-0.05, 0) is 53.4 Å². The molecular weight excluding hydrogens is 356 g/mol. The molecule has 7 heteroatoms. The third-order valence-electron chi connectivity index (χ3n) is 4.94. The molecule has 2 aliphatic heterocycles. The molecule has 0 spiro atoms. The van der Waals surface area contributed by atoms with Gasteiger partial charge in [0.2, 0.25) is 0 Å². The molecule has 2 fully saturated rings. The van der Waals surface area contributed by atoms with Crippen LogP contribution in [-0.2, 0) is 13.1 Å². The fourth-order valence-corrected chi connectivity index (χ4v) is 4.95. The van der Waals surface area contributed by atoms with Crippen LogP contribution in [0, 0.1) is 0 Å². The first kappa shape index (κ1) is 21.8. The highest BCUT2D eigenvalue weighted by molar-refractivity contribution is 8.08. The molecule has 2 saturated heterocycles. The molecule has 0 saturated carbocycles. The van der Waals surface area contributed by atoms with Gasteiger partial charge >= 0.3 is 0 Å². The van der Waals surface area contributed by atoms with Gasteiger partial charge in [-0.15, -0.1) is 0 Å². The number of ether oxygens (including phenoxy) is 2. The van der Waals surface area contributed by atoms with Crippen molar-refractivity contribution < 1.29 is 13.1 Å². The Morgan fingerprint density at radius 2 is 0.960 bits per heavy atom. The van der Waals surface area contributed by atoms with E-state index in [1.165, 1.54) is 62.6 Å². The van der Waals surface area contributed by atoms with Crippen molar-refractivity contribution in [3.05, 3.63) is 0 Å². The van der Waals surface area contributed by atoms with Gasteiger partial charge in [-0.2, -0.15) is 0 Å². The highest BCUT2D eigenvalue weighted by Gasteiger charge is 2.21. The van der Waals surface area contributed by atoms with Crippen LogP contribution in [0.1, 0.15) is 66.2 Å². The first-order chi connectivity index (χ1) is 12.1. The van der Waals surface area contributed by atoms with Crippen LogP contribution in [0.3, 0.4) is 0 Å². The lowest BCUT2D eigenvalue weighted by Gasteiger charge is -2.33. The van der Waals surface area contributed by atoms with E-state index < -0.39 is 0 Å². The van der Waals surface area contributed by atoms with Gasteiger partial charge in [0.15, 0.2) is 0 Å². The lowest BCUT2D eigenvalue weighted by Crippen LogP contribution is -2.40. The van der Waals surface area contributed by atoms with E-state index in [0.717, 1.165) is 26.2 Å². The Labute approximate surface area is 162 Å². The van der Waals surface area contributed by atoms with Crippen LogP contribution in [-0.4, -0.2) is 59.3 Å². The zero-order valence-corrected chi connectivity index (χ0v) is 17.9. The maximum Gasteiger partial charge on any atom is 0.129 e. The molecule has 0 N–H and O–H groups in total. The quantitative estimate of drug-likeness (QED) is 0.394. The average Bonchev–Trinajstić information content (AvgIpc) is 2.63. The molecule has 0 amide bonds. The van der Waals surface area contributed by atoms with E-state index in [0.29, 0.717) is 0 Å². The number of hydrogen-bond acceptors (Lipinski definition) is 7. The topological polar surface area (TPSA) is 34.2 Å². The molecule has 2 rings (SSSR count). The van der Waals surface area contributed by atoms with Crippen LogP contribution in [0.2, 0.25) is 0 Å². The standard InChI is InChI=1S/C18H36N2O3S2/c1-15(19-11-7-5-8-12-19)21-17(3)24-23-25-18(4)22-16(2)20-13-9-6-10-14-20/h15-18H,5-14H2,1-4H3. The van der Waals surface area contributed by atoms with Gasteiger partial charge in [0.1, 0.15) is 23.3 Å². The van der Waals surface area contributed by atoms with Crippen LogP contribution in [0.25, 0.3) is 0 Å². The number of piperidine rings is 2. The van der Waals surface area contributed by atoms with Gasteiger partial charge < -0.3 is 9.47 Å². The Hall–Kier alpha value is 0.500. The predicted octanol–water partition coefficient (Wildman–Crippen LogP) is 4.69. The summed E-state index contributed by atoms with van der Waals surface area (Å²) in [4.78, 5) is 4.83. The van der Waals surface area contributed by atoms with Gasteiger partial charge in [-0.1, -0.05) is 12.8 Å². The van der Waals surface area contributed by atoms with E-state index in [-0.39, 0.29) is 23.3 Å². The van der Waals surface area contributed by atoms with Crippen LogP contribution in [0.15, 0.2) is 0 Å². The van der Waals surface area contributed by atoms with Gasteiger partial charge in [-0.3, -0.25) is 9.80 Å². The highest BCUT2D eigenvalue weighted by Crippen LogP contribution is 2.27. The first-order valence-electron chi connectivity index (χ1n) is 9.84. The summed E-state index contributed by atoms with van der Waals surface area (Å²) in [6.07, 6.45) is 8.14. The summed E-state index contributed by atoms with van der Waals surface area (Å²) < 4.78 is 17.8. The summed E-state index contributed by atoms with van der Waals surface area (Å²) in [6, 6.07) is 0. The van der Waals surface area contributed by atoms with Crippen LogP contribution < -0.4 is 0 Å². The molecule has 0 radical (unpaired) electrons. The molecule has 0 aromatic rings. The number of likely N-dealkylation sites (tertiary alicyclic amines) is 2. The Balaban J connectivity index is 1.55. The molecule has 4 unspecified atom stereocenters. The minimum Gasteiger partial charge on any atom is -0.347 e. The molecule has 4 atom stereocenters. The summed E-state index contributed by atoms with van der Waals surface area (Å²) in [5.74, 6) is 0. The molecular formula is C18H36N2O3S2. The van der Waals surface area contributed by atoms with E-state index in [9.17, 15) is 0 Å². The van der Waals surface area contributed by atoms with Crippen molar-refractivity contribution in [1.29, 1.82) is 0 Å². The van der Waals surface area contributed by atoms with Gasteiger partial charge in [0, 0.05) is 50.3 Å². The number of rotatable bonds is 10. The van der Waals surface area contributed by atoms with Crippen LogP contribution >= 0.6 is 24.1 Å². The molecule has 0 aliphatic carbocycles. The van der Waals surface area contributed by atoms with E-state index in [2.05, 4.69) is 23.6 Å². The van der Waals surface area contributed by atoms with E-state index in [1.54, 1.807) is 0 Å². The van der Waals surface area contributed by atoms with E-state index >= 15 is 0 Å². The molecule has 2 heterocycles. The van der Waals surface area contributed by atoms with Crippen molar-refractivity contribution in [2.45, 2.75) is 89.5 Å². The number of hydrogen-bond donors (Lipinski definition) is 0. The van der Waals surface area contributed by atoms with Crippen LogP contribution in [0.5, 0.6) is 0 Å². The van der Waals surface area contributed by atoms with E-state index in [4.69, 9.17) is 13.1 Å². The fourth-order valence-electron chi connectivity index (χ4n) is 3.47. The third-order valence-corrected chi connectivity index (χ3v) is 6.33. The van der Waals surface area contributed by atoms with Crippen molar-refractivity contribution in [2.24, 2.45) is 0 Å². The van der Waals surface area contributed by atoms with Crippen molar-refractivity contribution in [3.63, 3.8) is 0 Å². The van der Waals surface area contributed by atoms with Crippen LogP contribution in [0.4, 0.5) is 0 Å². The zero-order chi connectivity index (χ0) is 18.1. The monoisotopic (exact) mass is 392 g/mol. The van der Waals surface area contributed by atoms with Crippen molar-refractivity contribution in [2.75, 3.05) is 26.2 Å². The normalized spacial score (nSPS) is 25.4. The van der Waals surface area contributed by atoms with E-state index in [1.807, 2.05) is 13.8 Å². The lowest BCUT2D eigenvalue weighted by atomic mass is 10.1. The SMILES string of the molecule is CC(OC(C)N1CCCCC1)SOSC(C)OC(C)N1CCCCC1. The van der Waals surface area contributed by atoms with Crippen molar-refractivity contribution >= 4 is 24.1 Å². The van der Waals surface area contributed by atoms with Gasteiger partial charge in [0.25, 0.3) is 0 Å².